The highest BCUT2D eigenvalue weighted by molar-refractivity contribution is 5.95. The minimum absolute atomic E-state index is 0.0320. The number of hydrogen-bond acceptors (Lipinski definition) is 6. The minimum atomic E-state index is -4.95. The average molecular weight is 532 g/mol. The summed E-state index contributed by atoms with van der Waals surface area (Å²) in [6.07, 6.45) is -3.95. The average Bonchev–Trinajstić information content (AvgIpc) is 3.60. The number of amides is 1. The lowest BCUT2D eigenvalue weighted by Crippen LogP contribution is -2.30. The van der Waals surface area contributed by atoms with Gasteiger partial charge >= 0.3 is 6.18 Å². The third-order valence-corrected chi connectivity index (χ3v) is 5.49. The summed E-state index contributed by atoms with van der Waals surface area (Å²) < 4.78 is 99.9. The number of halogens is 7. The molecule has 1 fully saturated rings. The Morgan fingerprint density at radius 3 is 2.32 bits per heavy atom. The van der Waals surface area contributed by atoms with Crippen LogP contribution in [0.15, 0.2) is 36.9 Å². The molecule has 198 valence electrons. The third kappa shape index (κ3) is 5.97. The lowest BCUT2D eigenvalue weighted by molar-refractivity contribution is -0.137. The summed E-state index contributed by atoms with van der Waals surface area (Å²) in [5.74, 6) is -5.66. The Kier molecular flexibility index (Phi) is 7.06. The highest BCUT2D eigenvalue weighted by Gasteiger charge is 2.49. The number of hydrogen-bond donors (Lipinski definition) is 1. The van der Waals surface area contributed by atoms with Crippen molar-refractivity contribution < 1.29 is 40.3 Å². The largest absolute Gasteiger partial charge is 0.484 e. The third-order valence-electron chi connectivity index (χ3n) is 5.49. The summed E-state index contributed by atoms with van der Waals surface area (Å²) >= 11 is 0. The second-order valence-electron chi connectivity index (χ2n) is 8.34. The van der Waals surface area contributed by atoms with Crippen LogP contribution in [0.1, 0.15) is 53.1 Å². The van der Waals surface area contributed by atoms with Crippen LogP contribution >= 0.6 is 0 Å². The van der Waals surface area contributed by atoms with Gasteiger partial charge in [0, 0.05) is 17.0 Å². The number of rotatable bonds is 9. The zero-order valence-corrected chi connectivity index (χ0v) is 19.0. The predicted molar refractivity (Wildman–Crippen MR) is 112 cm³/mol. The highest BCUT2D eigenvalue weighted by Crippen LogP contribution is 2.50. The van der Waals surface area contributed by atoms with Gasteiger partial charge in [0.2, 0.25) is 0 Å². The molecule has 15 heteroatoms. The van der Waals surface area contributed by atoms with Gasteiger partial charge in [0.1, 0.15) is 12.9 Å². The molecule has 1 saturated carbocycles. The second-order valence-corrected chi connectivity index (χ2v) is 8.34. The van der Waals surface area contributed by atoms with Gasteiger partial charge in [-0.1, -0.05) is 0 Å². The van der Waals surface area contributed by atoms with E-state index in [1.807, 2.05) is 0 Å². The molecular weight excluding hydrogens is 513 g/mol. The van der Waals surface area contributed by atoms with E-state index in [1.54, 1.807) is 0 Å². The van der Waals surface area contributed by atoms with Crippen LogP contribution in [-0.4, -0.2) is 43.7 Å². The molecule has 8 nitrogen and oxygen atoms in total. The molecule has 0 bridgehead atoms. The number of carbonyl (C=O) groups is 1. The predicted octanol–water partition coefficient (Wildman–Crippen LogP) is 4.71. The molecule has 3 aromatic rings. The van der Waals surface area contributed by atoms with Gasteiger partial charge in [0.25, 0.3) is 24.2 Å². The Morgan fingerprint density at radius 2 is 1.73 bits per heavy atom. The molecular formula is C22H19F7N6O2. The van der Waals surface area contributed by atoms with Gasteiger partial charge in [-0.05, 0) is 38.0 Å². The summed E-state index contributed by atoms with van der Waals surface area (Å²) in [6, 6.07) is 0.638. The molecule has 0 spiro atoms. The van der Waals surface area contributed by atoms with E-state index in [1.165, 1.54) is 6.92 Å². The van der Waals surface area contributed by atoms with Gasteiger partial charge in [0.05, 0.1) is 24.0 Å². The van der Waals surface area contributed by atoms with Crippen molar-refractivity contribution in [1.82, 2.24) is 30.0 Å². The van der Waals surface area contributed by atoms with Crippen molar-refractivity contribution in [3.05, 3.63) is 59.4 Å². The molecule has 0 saturated heterocycles. The minimum Gasteiger partial charge on any atom is -0.484 e. The van der Waals surface area contributed by atoms with Crippen molar-refractivity contribution in [2.75, 3.05) is 6.61 Å². The molecule has 1 unspecified atom stereocenters. The van der Waals surface area contributed by atoms with Crippen LogP contribution in [0.3, 0.4) is 0 Å². The van der Waals surface area contributed by atoms with E-state index >= 15 is 0 Å². The van der Waals surface area contributed by atoms with E-state index in [0.717, 1.165) is 29.5 Å². The van der Waals surface area contributed by atoms with Gasteiger partial charge < -0.3 is 10.1 Å². The maximum absolute atomic E-state index is 14.6. The lowest BCUT2D eigenvalue weighted by atomic mass is 9.97. The fourth-order valence-electron chi connectivity index (χ4n) is 3.49. The van der Waals surface area contributed by atoms with Crippen molar-refractivity contribution in [3.63, 3.8) is 0 Å². The standard InChI is InChI=1S/C22H19F7N6O2/c1-11(18-32-10-33-35(18)20-30-7-16(8-31-20)37-9-17(23)24)34-19(36)12-4-14(21(25,26)13-2-3-13)6-15(5-12)22(27,28)29/h4-8,10-11,13,17H,2-3,9H2,1H3,(H,34,36). The summed E-state index contributed by atoms with van der Waals surface area (Å²) in [4.78, 5) is 24.7. The molecule has 1 N–H and O–H groups in total. The van der Waals surface area contributed by atoms with E-state index in [0.29, 0.717) is 12.1 Å². The number of alkyl halides is 7. The van der Waals surface area contributed by atoms with Crippen LogP contribution in [0.2, 0.25) is 0 Å². The molecule has 2 aromatic heterocycles. The first-order valence-electron chi connectivity index (χ1n) is 10.9. The zero-order chi connectivity index (χ0) is 27.0. The molecule has 1 amide bonds. The van der Waals surface area contributed by atoms with E-state index in [4.69, 9.17) is 4.74 Å². The van der Waals surface area contributed by atoms with Crippen molar-refractivity contribution >= 4 is 5.91 Å². The van der Waals surface area contributed by atoms with Crippen LogP contribution in [0, 0.1) is 5.92 Å². The normalized spacial score (nSPS) is 15.1. The van der Waals surface area contributed by atoms with E-state index in [2.05, 4.69) is 25.4 Å². The maximum atomic E-state index is 14.6. The molecule has 1 aliphatic rings. The Morgan fingerprint density at radius 1 is 1.08 bits per heavy atom. The Labute approximate surface area is 204 Å². The SMILES string of the molecule is CC(NC(=O)c1cc(C(F)(F)F)cc(C(F)(F)C2CC2)c1)c1ncnn1-c1ncc(OCC(F)F)cn1. The molecule has 4 rings (SSSR count). The smallest absolute Gasteiger partial charge is 0.416 e. The lowest BCUT2D eigenvalue weighted by Gasteiger charge is -2.20. The van der Waals surface area contributed by atoms with Crippen molar-refractivity contribution in [1.29, 1.82) is 0 Å². The van der Waals surface area contributed by atoms with Gasteiger partial charge in [-0.15, -0.1) is 0 Å². The molecule has 1 aromatic carbocycles. The monoisotopic (exact) mass is 532 g/mol. The van der Waals surface area contributed by atoms with Crippen molar-refractivity contribution in [2.24, 2.45) is 5.92 Å². The summed E-state index contributed by atoms with van der Waals surface area (Å²) in [5.41, 5.74) is -2.85. The Balaban J connectivity index is 1.55. The van der Waals surface area contributed by atoms with Gasteiger partial charge in [-0.2, -0.15) is 23.0 Å². The van der Waals surface area contributed by atoms with Gasteiger partial charge in [-0.25, -0.2) is 32.5 Å². The van der Waals surface area contributed by atoms with Crippen LogP contribution in [-0.2, 0) is 12.1 Å². The van der Waals surface area contributed by atoms with Crippen molar-refractivity contribution in [2.45, 2.75) is 44.3 Å². The number of nitrogens with one attached hydrogen (secondary N) is 1. The van der Waals surface area contributed by atoms with Crippen LogP contribution < -0.4 is 10.1 Å². The van der Waals surface area contributed by atoms with E-state index in [9.17, 15) is 35.5 Å². The second kappa shape index (κ2) is 9.94. The maximum Gasteiger partial charge on any atom is 0.416 e. The quantitative estimate of drug-likeness (QED) is 0.401. The summed E-state index contributed by atoms with van der Waals surface area (Å²) in [6.45, 7) is 0.579. The molecule has 0 aliphatic heterocycles. The van der Waals surface area contributed by atoms with E-state index in [-0.39, 0.29) is 30.4 Å². The Bertz CT molecular complexity index is 1260. The van der Waals surface area contributed by atoms with Crippen LogP contribution in [0.4, 0.5) is 30.7 Å². The molecule has 1 aliphatic carbocycles. The first-order valence-corrected chi connectivity index (χ1v) is 10.9. The van der Waals surface area contributed by atoms with Crippen LogP contribution in [0.25, 0.3) is 5.95 Å². The highest BCUT2D eigenvalue weighted by atomic mass is 19.4. The fraction of sp³-hybridized carbons (Fsp3) is 0.409. The summed E-state index contributed by atoms with van der Waals surface area (Å²) in [5, 5.41) is 6.35. The zero-order valence-electron chi connectivity index (χ0n) is 19.0. The Hall–Kier alpha value is -3.78. The van der Waals surface area contributed by atoms with Crippen LogP contribution in [0.5, 0.6) is 5.75 Å². The van der Waals surface area contributed by atoms with Gasteiger partial charge in [-0.3, -0.25) is 4.79 Å². The first-order chi connectivity index (χ1) is 17.4. The number of nitrogens with zero attached hydrogens (tertiary/aromatic N) is 5. The molecule has 0 radical (unpaired) electrons. The van der Waals surface area contributed by atoms with E-state index < -0.39 is 59.7 Å². The molecule has 2 heterocycles. The van der Waals surface area contributed by atoms with Crippen molar-refractivity contribution in [3.8, 4) is 11.7 Å². The summed E-state index contributed by atoms with van der Waals surface area (Å²) in [7, 11) is 0. The molecule has 37 heavy (non-hydrogen) atoms. The number of ether oxygens (including phenoxy) is 1. The number of carbonyl (C=O) groups excluding carboxylic acids is 1. The number of benzene rings is 1. The number of aromatic nitrogens is 5. The topological polar surface area (TPSA) is 94.8 Å². The fourth-order valence-corrected chi connectivity index (χ4v) is 3.49. The first kappa shape index (κ1) is 26.3. The van der Waals surface area contributed by atoms with Gasteiger partial charge in [0.15, 0.2) is 11.6 Å². The molecule has 1 atom stereocenters.